The van der Waals surface area contributed by atoms with Crippen LogP contribution in [0.2, 0.25) is 0 Å². The first-order valence-corrected chi connectivity index (χ1v) is 7.12. The van der Waals surface area contributed by atoms with Crippen molar-refractivity contribution in [2.45, 2.75) is 26.4 Å². The molecule has 0 aliphatic heterocycles. The van der Waals surface area contributed by atoms with Crippen molar-refractivity contribution in [2.24, 2.45) is 7.05 Å². The van der Waals surface area contributed by atoms with E-state index in [-0.39, 0.29) is 5.91 Å². The van der Waals surface area contributed by atoms with Gasteiger partial charge in [0.05, 0.1) is 6.33 Å². The maximum Gasteiger partial charge on any atom is 0.412 e. The van der Waals surface area contributed by atoms with Crippen LogP contribution in [0.1, 0.15) is 31.1 Å². The van der Waals surface area contributed by atoms with Crippen LogP contribution in [0.4, 0.5) is 16.3 Å². The van der Waals surface area contributed by atoms with Gasteiger partial charge >= 0.3 is 6.09 Å². The van der Waals surface area contributed by atoms with Crippen molar-refractivity contribution in [1.82, 2.24) is 9.55 Å². The highest BCUT2D eigenvalue weighted by Gasteiger charge is 2.16. The number of hydrogen-bond acceptors (Lipinski definition) is 4. The number of carbonyl (C=O) groups is 2. The number of anilines is 2. The van der Waals surface area contributed by atoms with Crippen molar-refractivity contribution in [3.63, 3.8) is 0 Å². The molecular weight excluding hydrogens is 296 g/mol. The van der Waals surface area contributed by atoms with Crippen LogP contribution in [0.15, 0.2) is 36.8 Å². The Morgan fingerprint density at radius 3 is 2.57 bits per heavy atom. The summed E-state index contributed by atoms with van der Waals surface area (Å²) in [5.41, 5.74) is 0.301. The standard InChI is InChI=1S/C16H20N4O3/c1-16(2,3)23-15(22)18-12-7-5-6-11(8-12)14(21)19-13-9-20(4)10-17-13/h5-10H,1-4H3,(H,18,22)(H,19,21). The fourth-order valence-corrected chi connectivity index (χ4v) is 1.83. The number of aromatic nitrogens is 2. The van der Waals surface area contributed by atoms with E-state index in [1.165, 1.54) is 0 Å². The Hall–Kier alpha value is -2.83. The quantitative estimate of drug-likeness (QED) is 0.911. The van der Waals surface area contributed by atoms with Crippen LogP contribution in [0.5, 0.6) is 0 Å². The molecule has 7 nitrogen and oxygen atoms in total. The number of amides is 2. The van der Waals surface area contributed by atoms with E-state index in [0.717, 1.165) is 0 Å². The van der Waals surface area contributed by atoms with E-state index in [4.69, 9.17) is 4.74 Å². The number of rotatable bonds is 3. The molecule has 0 unspecified atom stereocenters. The van der Waals surface area contributed by atoms with Crippen molar-refractivity contribution in [1.29, 1.82) is 0 Å². The lowest BCUT2D eigenvalue weighted by Gasteiger charge is -2.19. The first-order chi connectivity index (χ1) is 10.7. The molecule has 0 aliphatic rings. The highest BCUT2D eigenvalue weighted by molar-refractivity contribution is 6.04. The third-order valence-corrected chi connectivity index (χ3v) is 2.72. The molecule has 0 saturated heterocycles. The minimum absolute atomic E-state index is 0.309. The molecule has 1 aromatic heterocycles. The van der Waals surface area contributed by atoms with Gasteiger partial charge < -0.3 is 14.6 Å². The number of hydrogen-bond donors (Lipinski definition) is 2. The summed E-state index contributed by atoms with van der Waals surface area (Å²) in [6.45, 7) is 5.34. The monoisotopic (exact) mass is 316 g/mol. The predicted molar refractivity (Wildman–Crippen MR) is 87.5 cm³/mol. The Morgan fingerprint density at radius 2 is 1.96 bits per heavy atom. The summed E-state index contributed by atoms with van der Waals surface area (Å²) in [4.78, 5) is 28.0. The molecule has 122 valence electrons. The Morgan fingerprint density at radius 1 is 1.22 bits per heavy atom. The van der Waals surface area contributed by atoms with Gasteiger partial charge in [0.2, 0.25) is 0 Å². The summed E-state index contributed by atoms with van der Waals surface area (Å²) in [6.07, 6.45) is 2.72. The van der Waals surface area contributed by atoms with Gasteiger partial charge in [-0.2, -0.15) is 0 Å². The summed E-state index contributed by atoms with van der Waals surface area (Å²) >= 11 is 0. The fraction of sp³-hybridized carbons (Fsp3) is 0.312. The summed E-state index contributed by atoms with van der Waals surface area (Å²) in [5.74, 6) is 0.152. The molecule has 1 aromatic carbocycles. The van der Waals surface area contributed by atoms with Crippen molar-refractivity contribution in [3.8, 4) is 0 Å². The van der Waals surface area contributed by atoms with Gasteiger partial charge in [-0.25, -0.2) is 9.78 Å². The molecule has 0 atom stereocenters. The SMILES string of the molecule is Cn1cnc(NC(=O)c2cccc(NC(=O)OC(C)(C)C)c2)c1. The first-order valence-electron chi connectivity index (χ1n) is 7.12. The molecule has 0 radical (unpaired) electrons. The number of ether oxygens (including phenoxy) is 1. The van der Waals surface area contributed by atoms with Crippen molar-refractivity contribution >= 4 is 23.5 Å². The Labute approximate surface area is 134 Å². The Balaban J connectivity index is 2.04. The summed E-state index contributed by atoms with van der Waals surface area (Å²) in [7, 11) is 1.81. The molecule has 0 saturated carbocycles. The summed E-state index contributed by atoms with van der Waals surface area (Å²) in [5, 5.41) is 5.28. The molecule has 0 spiro atoms. The van der Waals surface area contributed by atoms with Crippen molar-refractivity contribution < 1.29 is 14.3 Å². The van der Waals surface area contributed by atoms with Gasteiger partial charge in [-0.1, -0.05) is 6.07 Å². The molecule has 2 rings (SSSR count). The van der Waals surface area contributed by atoms with Crippen molar-refractivity contribution in [3.05, 3.63) is 42.4 Å². The second-order valence-corrected chi connectivity index (χ2v) is 6.09. The minimum Gasteiger partial charge on any atom is -0.444 e. The van der Waals surface area contributed by atoms with Gasteiger partial charge in [0, 0.05) is 24.5 Å². The van der Waals surface area contributed by atoms with E-state index in [1.807, 2.05) is 7.05 Å². The van der Waals surface area contributed by atoms with Gasteiger partial charge in [-0.3, -0.25) is 10.1 Å². The van der Waals surface area contributed by atoms with Crippen LogP contribution in [0.3, 0.4) is 0 Å². The second kappa shape index (κ2) is 6.51. The van der Waals surface area contributed by atoms with Crippen LogP contribution in [-0.4, -0.2) is 27.2 Å². The fourth-order valence-electron chi connectivity index (χ4n) is 1.83. The van der Waals surface area contributed by atoms with Gasteiger partial charge in [0.15, 0.2) is 5.82 Å². The Kier molecular flexibility index (Phi) is 4.68. The first kappa shape index (κ1) is 16.5. The molecule has 2 aromatic rings. The van der Waals surface area contributed by atoms with E-state index >= 15 is 0 Å². The molecule has 2 amide bonds. The third-order valence-electron chi connectivity index (χ3n) is 2.72. The number of aryl methyl sites for hydroxylation is 1. The lowest BCUT2D eigenvalue weighted by Crippen LogP contribution is -2.27. The number of benzene rings is 1. The number of nitrogens with one attached hydrogen (secondary N) is 2. The van der Waals surface area contributed by atoms with Crippen LogP contribution in [-0.2, 0) is 11.8 Å². The topological polar surface area (TPSA) is 85.3 Å². The van der Waals surface area contributed by atoms with Gasteiger partial charge in [0.1, 0.15) is 5.60 Å². The number of carbonyl (C=O) groups excluding carboxylic acids is 2. The lowest BCUT2D eigenvalue weighted by molar-refractivity contribution is 0.0635. The molecule has 0 bridgehead atoms. The summed E-state index contributed by atoms with van der Waals surface area (Å²) in [6, 6.07) is 6.59. The highest BCUT2D eigenvalue weighted by Crippen LogP contribution is 2.15. The van der Waals surface area contributed by atoms with Gasteiger partial charge in [-0.15, -0.1) is 0 Å². The molecule has 2 N–H and O–H groups in total. The summed E-state index contributed by atoms with van der Waals surface area (Å²) < 4.78 is 6.91. The second-order valence-electron chi connectivity index (χ2n) is 6.09. The molecule has 0 fully saturated rings. The van der Waals surface area contributed by atoms with Crippen molar-refractivity contribution in [2.75, 3.05) is 10.6 Å². The molecule has 0 aliphatic carbocycles. The maximum absolute atomic E-state index is 12.2. The molecule has 23 heavy (non-hydrogen) atoms. The zero-order valence-corrected chi connectivity index (χ0v) is 13.6. The van der Waals surface area contributed by atoms with Gasteiger partial charge in [0.25, 0.3) is 5.91 Å². The van der Waals surface area contributed by atoms with Crippen LogP contribution in [0, 0.1) is 0 Å². The van der Waals surface area contributed by atoms with Gasteiger partial charge in [-0.05, 0) is 39.0 Å². The van der Waals surface area contributed by atoms with E-state index in [2.05, 4.69) is 15.6 Å². The normalized spacial score (nSPS) is 11.0. The highest BCUT2D eigenvalue weighted by atomic mass is 16.6. The average Bonchev–Trinajstić information content (AvgIpc) is 2.82. The van der Waals surface area contributed by atoms with E-state index < -0.39 is 11.7 Å². The van der Waals surface area contributed by atoms with Crippen LogP contribution in [0.25, 0.3) is 0 Å². The Bertz CT molecular complexity index is 716. The molecular formula is C16H20N4O3. The number of nitrogens with zero attached hydrogens (tertiary/aromatic N) is 2. The zero-order valence-electron chi connectivity index (χ0n) is 13.6. The van der Waals surface area contributed by atoms with E-state index in [0.29, 0.717) is 17.1 Å². The average molecular weight is 316 g/mol. The minimum atomic E-state index is -0.585. The van der Waals surface area contributed by atoms with Crippen LogP contribution < -0.4 is 10.6 Å². The molecule has 1 heterocycles. The maximum atomic E-state index is 12.2. The van der Waals surface area contributed by atoms with Crippen LogP contribution >= 0.6 is 0 Å². The third kappa shape index (κ3) is 5.14. The molecule has 7 heteroatoms. The number of imidazole rings is 1. The predicted octanol–water partition coefficient (Wildman–Crippen LogP) is 3.02. The van der Waals surface area contributed by atoms with E-state index in [1.54, 1.807) is 62.1 Å². The smallest absolute Gasteiger partial charge is 0.412 e. The largest absolute Gasteiger partial charge is 0.444 e. The zero-order chi connectivity index (χ0) is 17.0. The van der Waals surface area contributed by atoms with E-state index in [9.17, 15) is 9.59 Å². The lowest BCUT2D eigenvalue weighted by atomic mass is 10.2.